The highest BCUT2D eigenvalue weighted by Crippen LogP contribution is 2.43. The van der Waals surface area contributed by atoms with E-state index in [-0.39, 0.29) is 6.04 Å². The van der Waals surface area contributed by atoms with Gasteiger partial charge in [0.2, 0.25) is 0 Å². The second-order valence-electron chi connectivity index (χ2n) is 6.65. The number of carbonyl (C=O) groups is 1. The van der Waals surface area contributed by atoms with Crippen molar-refractivity contribution in [3.8, 4) is 0 Å². The molecule has 2 fully saturated rings. The highest BCUT2D eigenvalue weighted by Gasteiger charge is 2.35. The predicted octanol–water partition coefficient (Wildman–Crippen LogP) is 3.04. The molecule has 0 radical (unpaired) electrons. The molecule has 2 saturated carbocycles. The van der Waals surface area contributed by atoms with Crippen LogP contribution in [0.3, 0.4) is 0 Å². The van der Waals surface area contributed by atoms with Crippen molar-refractivity contribution in [1.82, 2.24) is 5.32 Å². The normalized spacial score (nSPS) is 30.4. The Bertz CT molecular complexity index is 286. The second kappa shape index (κ2) is 6.05. The Morgan fingerprint density at radius 2 is 1.94 bits per heavy atom. The summed E-state index contributed by atoms with van der Waals surface area (Å²) < 4.78 is 0. The molecular formula is C15H27NO2. The van der Waals surface area contributed by atoms with Crippen LogP contribution in [0.2, 0.25) is 0 Å². The quantitative estimate of drug-likeness (QED) is 0.765. The summed E-state index contributed by atoms with van der Waals surface area (Å²) in [6.07, 6.45) is 8.55. The van der Waals surface area contributed by atoms with Crippen LogP contribution in [0.25, 0.3) is 0 Å². The van der Waals surface area contributed by atoms with Gasteiger partial charge in [-0.15, -0.1) is 0 Å². The Labute approximate surface area is 110 Å². The maximum Gasteiger partial charge on any atom is 0.320 e. The molecule has 0 aromatic heterocycles. The third kappa shape index (κ3) is 3.98. The fourth-order valence-corrected chi connectivity index (χ4v) is 3.37. The molecule has 0 saturated heterocycles. The number of rotatable bonds is 6. The minimum atomic E-state index is -0.683. The van der Waals surface area contributed by atoms with Crippen molar-refractivity contribution in [3.05, 3.63) is 0 Å². The van der Waals surface area contributed by atoms with Gasteiger partial charge in [0.15, 0.2) is 0 Å². The molecule has 104 valence electrons. The van der Waals surface area contributed by atoms with Crippen LogP contribution in [0.4, 0.5) is 0 Å². The Hall–Kier alpha value is -0.570. The van der Waals surface area contributed by atoms with Gasteiger partial charge in [-0.3, -0.25) is 4.79 Å². The van der Waals surface area contributed by atoms with Gasteiger partial charge in [0.1, 0.15) is 6.04 Å². The van der Waals surface area contributed by atoms with Crippen molar-refractivity contribution in [2.75, 3.05) is 0 Å². The lowest BCUT2D eigenvalue weighted by atomic mass is 9.82. The lowest BCUT2D eigenvalue weighted by molar-refractivity contribution is -0.140. The Balaban J connectivity index is 1.83. The molecule has 0 aromatic rings. The van der Waals surface area contributed by atoms with E-state index in [1.54, 1.807) is 0 Å². The molecule has 0 spiro atoms. The Morgan fingerprint density at radius 3 is 2.50 bits per heavy atom. The van der Waals surface area contributed by atoms with Crippen LogP contribution in [0.5, 0.6) is 0 Å². The van der Waals surface area contributed by atoms with Crippen molar-refractivity contribution in [2.24, 2.45) is 17.8 Å². The maximum absolute atomic E-state index is 11.3. The van der Waals surface area contributed by atoms with Crippen LogP contribution in [0.15, 0.2) is 0 Å². The van der Waals surface area contributed by atoms with Crippen molar-refractivity contribution in [1.29, 1.82) is 0 Å². The SMILES string of the molecule is CC(C)CC(NC1CCCC(C2CC2)C1)C(=O)O. The predicted molar refractivity (Wildman–Crippen MR) is 72.5 cm³/mol. The fraction of sp³-hybridized carbons (Fsp3) is 0.933. The van der Waals surface area contributed by atoms with Gasteiger partial charge in [0, 0.05) is 6.04 Å². The Kier molecular flexibility index (Phi) is 4.66. The highest BCUT2D eigenvalue weighted by atomic mass is 16.4. The number of aliphatic carboxylic acids is 1. The number of nitrogens with one attached hydrogen (secondary N) is 1. The van der Waals surface area contributed by atoms with Gasteiger partial charge < -0.3 is 10.4 Å². The molecule has 0 bridgehead atoms. The first-order valence-electron chi connectivity index (χ1n) is 7.55. The Morgan fingerprint density at radius 1 is 1.22 bits per heavy atom. The molecule has 18 heavy (non-hydrogen) atoms. The molecule has 3 atom stereocenters. The molecule has 0 aromatic carbocycles. The number of hydrogen-bond acceptors (Lipinski definition) is 2. The maximum atomic E-state index is 11.3. The van der Waals surface area contributed by atoms with Crippen molar-refractivity contribution in [3.63, 3.8) is 0 Å². The third-order valence-corrected chi connectivity index (χ3v) is 4.45. The molecule has 0 heterocycles. The van der Waals surface area contributed by atoms with Crippen LogP contribution in [-0.4, -0.2) is 23.2 Å². The molecule has 3 nitrogen and oxygen atoms in total. The summed E-state index contributed by atoms with van der Waals surface area (Å²) in [4.78, 5) is 11.3. The van der Waals surface area contributed by atoms with Crippen LogP contribution >= 0.6 is 0 Å². The van der Waals surface area contributed by atoms with E-state index < -0.39 is 5.97 Å². The number of carboxylic acids is 1. The third-order valence-electron chi connectivity index (χ3n) is 4.45. The smallest absolute Gasteiger partial charge is 0.320 e. The summed E-state index contributed by atoms with van der Waals surface area (Å²) in [5, 5.41) is 12.7. The average molecular weight is 253 g/mol. The summed E-state index contributed by atoms with van der Waals surface area (Å²) in [5.41, 5.74) is 0. The fourth-order valence-electron chi connectivity index (χ4n) is 3.37. The van der Waals surface area contributed by atoms with Gasteiger partial charge in [0.05, 0.1) is 0 Å². The van der Waals surface area contributed by atoms with E-state index in [4.69, 9.17) is 0 Å². The summed E-state index contributed by atoms with van der Waals surface area (Å²) in [6, 6.07) is 0.0807. The van der Waals surface area contributed by atoms with Gasteiger partial charge in [-0.1, -0.05) is 26.7 Å². The van der Waals surface area contributed by atoms with E-state index in [1.165, 1.54) is 32.1 Å². The van der Waals surface area contributed by atoms with Gasteiger partial charge in [-0.2, -0.15) is 0 Å². The molecule has 0 amide bonds. The van der Waals surface area contributed by atoms with Crippen LogP contribution in [-0.2, 0) is 4.79 Å². The van der Waals surface area contributed by atoms with Gasteiger partial charge in [-0.25, -0.2) is 0 Å². The molecule has 3 unspecified atom stereocenters. The van der Waals surface area contributed by atoms with Gasteiger partial charge in [-0.05, 0) is 49.9 Å². The van der Waals surface area contributed by atoms with Crippen molar-refractivity contribution >= 4 is 5.97 Å². The topological polar surface area (TPSA) is 49.3 Å². The minimum Gasteiger partial charge on any atom is -0.480 e. The monoisotopic (exact) mass is 253 g/mol. The molecule has 3 heteroatoms. The van der Waals surface area contributed by atoms with E-state index in [0.717, 1.165) is 24.7 Å². The lowest BCUT2D eigenvalue weighted by Crippen LogP contribution is -2.46. The van der Waals surface area contributed by atoms with Gasteiger partial charge >= 0.3 is 5.97 Å². The minimum absolute atomic E-state index is 0.354. The standard InChI is InChI=1S/C15H27NO2/c1-10(2)8-14(15(17)18)16-13-5-3-4-12(9-13)11-6-7-11/h10-14,16H,3-9H2,1-2H3,(H,17,18). The summed E-state index contributed by atoms with van der Waals surface area (Å²) >= 11 is 0. The number of hydrogen-bond donors (Lipinski definition) is 2. The largest absolute Gasteiger partial charge is 0.480 e. The van der Waals surface area contributed by atoms with E-state index in [1.807, 2.05) is 0 Å². The van der Waals surface area contributed by atoms with E-state index >= 15 is 0 Å². The number of carboxylic acid groups (broad SMARTS) is 1. The second-order valence-corrected chi connectivity index (χ2v) is 6.65. The summed E-state index contributed by atoms with van der Waals surface area (Å²) in [6.45, 7) is 4.18. The zero-order valence-electron chi connectivity index (χ0n) is 11.7. The van der Waals surface area contributed by atoms with Crippen LogP contribution < -0.4 is 5.32 Å². The molecule has 0 aliphatic heterocycles. The first-order chi connectivity index (χ1) is 8.56. The van der Waals surface area contributed by atoms with E-state index in [9.17, 15) is 9.90 Å². The first kappa shape index (κ1) is 13.9. The molecule has 2 aliphatic carbocycles. The van der Waals surface area contributed by atoms with E-state index in [0.29, 0.717) is 12.0 Å². The highest BCUT2D eigenvalue weighted by molar-refractivity contribution is 5.73. The molecular weight excluding hydrogens is 226 g/mol. The summed E-state index contributed by atoms with van der Waals surface area (Å²) in [7, 11) is 0. The van der Waals surface area contributed by atoms with Crippen molar-refractivity contribution < 1.29 is 9.90 Å². The molecule has 2 aliphatic rings. The van der Waals surface area contributed by atoms with Crippen molar-refractivity contribution in [2.45, 2.75) is 70.9 Å². The lowest BCUT2D eigenvalue weighted by Gasteiger charge is -2.32. The van der Waals surface area contributed by atoms with Crippen LogP contribution in [0, 0.1) is 17.8 Å². The first-order valence-corrected chi connectivity index (χ1v) is 7.55. The molecule has 2 rings (SSSR count). The zero-order valence-corrected chi connectivity index (χ0v) is 11.7. The van der Waals surface area contributed by atoms with E-state index in [2.05, 4.69) is 19.2 Å². The molecule has 2 N–H and O–H groups in total. The summed E-state index contributed by atoms with van der Waals surface area (Å²) in [5.74, 6) is 1.58. The van der Waals surface area contributed by atoms with Crippen LogP contribution in [0.1, 0.15) is 58.8 Å². The zero-order chi connectivity index (χ0) is 13.1. The average Bonchev–Trinajstić information content (AvgIpc) is 3.11. The van der Waals surface area contributed by atoms with Gasteiger partial charge in [0.25, 0.3) is 0 Å².